The molecule has 0 radical (unpaired) electrons. The fourth-order valence-corrected chi connectivity index (χ4v) is 1.54. The second-order valence-corrected chi connectivity index (χ2v) is 4.37. The Morgan fingerprint density at radius 3 is 2.79 bits per heavy atom. The molecule has 0 saturated carbocycles. The lowest BCUT2D eigenvalue weighted by atomic mass is 10.1. The highest BCUT2D eigenvalue weighted by Gasteiger charge is 2.21. The number of carbonyl (C=O) groups excluding carboxylic acids is 1. The minimum atomic E-state index is -0.895. The van der Waals surface area contributed by atoms with Crippen molar-refractivity contribution in [1.82, 2.24) is 14.5 Å². The van der Waals surface area contributed by atoms with E-state index >= 15 is 0 Å². The van der Waals surface area contributed by atoms with Crippen molar-refractivity contribution in [3.05, 3.63) is 11.1 Å². The summed E-state index contributed by atoms with van der Waals surface area (Å²) in [6.07, 6.45) is 0. The first kappa shape index (κ1) is 11.1. The van der Waals surface area contributed by atoms with E-state index in [-0.39, 0.29) is 12.5 Å². The SMILES string of the molecule is CN(CC(C)(C)O)C(=O)c1csnn1. The summed E-state index contributed by atoms with van der Waals surface area (Å²) in [6, 6.07) is 0. The van der Waals surface area contributed by atoms with Crippen LogP contribution in [0.3, 0.4) is 0 Å². The van der Waals surface area contributed by atoms with Crippen LogP contribution in [-0.2, 0) is 0 Å². The largest absolute Gasteiger partial charge is 0.389 e. The number of hydrogen-bond donors (Lipinski definition) is 1. The average Bonchev–Trinajstić information content (AvgIpc) is 2.51. The molecule has 0 atom stereocenters. The van der Waals surface area contributed by atoms with E-state index in [2.05, 4.69) is 9.59 Å². The van der Waals surface area contributed by atoms with E-state index in [1.807, 2.05) is 0 Å². The standard InChI is InChI=1S/C8H13N3O2S/c1-8(2,13)5-11(3)7(12)6-4-14-10-9-6/h4,13H,5H2,1-3H3. The Kier molecular flexibility index (Phi) is 3.17. The van der Waals surface area contributed by atoms with Crippen molar-refractivity contribution in [3.63, 3.8) is 0 Å². The van der Waals surface area contributed by atoms with E-state index in [1.54, 1.807) is 26.3 Å². The van der Waals surface area contributed by atoms with Crippen LogP contribution in [0.4, 0.5) is 0 Å². The quantitative estimate of drug-likeness (QED) is 0.791. The smallest absolute Gasteiger partial charge is 0.275 e. The van der Waals surface area contributed by atoms with Gasteiger partial charge in [0.25, 0.3) is 5.91 Å². The van der Waals surface area contributed by atoms with E-state index in [1.165, 1.54) is 4.90 Å². The molecule has 0 unspecified atom stereocenters. The predicted molar refractivity (Wildman–Crippen MR) is 53.2 cm³/mol. The Balaban J connectivity index is 2.63. The molecule has 1 N–H and O–H groups in total. The normalized spacial score (nSPS) is 11.4. The van der Waals surface area contributed by atoms with Gasteiger partial charge in [-0.1, -0.05) is 4.49 Å². The molecule has 0 fully saturated rings. The van der Waals surface area contributed by atoms with Crippen LogP contribution in [0.2, 0.25) is 0 Å². The van der Waals surface area contributed by atoms with E-state index < -0.39 is 5.60 Å². The number of rotatable bonds is 3. The van der Waals surface area contributed by atoms with Gasteiger partial charge in [0.05, 0.1) is 5.60 Å². The number of aliphatic hydroxyl groups is 1. The van der Waals surface area contributed by atoms with E-state index in [0.717, 1.165) is 11.5 Å². The van der Waals surface area contributed by atoms with Crippen LogP contribution in [0.5, 0.6) is 0 Å². The zero-order chi connectivity index (χ0) is 10.8. The summed E-state index contributed by atoms with van der Waals surface area (Å²) >= 11 is 1.13. The molecule has 1 aromatic heterocycles. The van der Waals surface area contributed by atoms with Gasteiger partial charge in [0.15, 0.2) is 5.69 Å². The molecule has 1 heterocycles. The molecule has 1 rings (SSSR count). The van der Waals surface area contributed by atoms with Gasteiger partial charge in [-0.15, -0.1) is 5.10 Å². The van der Waals surface area contributed by atoms with E-state index in [0.29, 0.717) is 5.69 Å². The second-order valence-electron chi connectivity index (χ2n) is 3.76. The maximum Gasteiger partial charge on any atom is 0.275 e. The summed E-state index contributed by atoms with van der Waals surface area (Å²) in [4.78, 5) is 13.0. The number of likely N-dealkylation sites (N-methyl/N-ethyl adjacent to an activating group) is 1. The van der Waals surface area contributed by atoms with Gasteiger partial charge < -0.3 is 10.0 Å². The number of carbonyl (C=O) groups is 1. The molecule has 0 aromatic carbocycles. The fraction of sp³-hybridized carbons (Fsp3) is 0.625. The van der Waals surface area contributed by atoms with E-state index in [4.69, 9.17) is 0 Å². The number of aromatic nitrogens is 2. The van der Waals surface area contributed by atoms with Crippen LogP contribution < -0.4 is 0 Å². The Morgan fingerprint density at radius 1 is 1.71 bits per heavy atom. The molecule has 1 amide bonds. The Bertz CT molecular complexity index is 305. The lowest BCUT2D eigenvalue weighted by molar-refractivity contribution is 0.0365. The zero-order valence-corrected chi connectivity index (χ0v) is 9.21. The predicted octanol–water partition coefficient (Wildman–Crippen LogP) is 0.381. The zero-order valence-electron chi connectivity index (χ0n) is 8.39. The summed E-state index contributed by atoms with van der Waals surface area (Å²) in [5.74, 6) is -0.221. The summed E-state index contributed by atoms with van der Waals surface area (Å²) < 4.78 is 3.60. The number of hydrogen-bond acceptors (Lipinski definition) is 5. The highest BCUT2D eigenvalue weighted by atomic mass is 32.1. The monoisotopic (exact) mass is 215 g/mol. The second kappa shape index (κ2) is 4.02. The molecule has 0 spiro atoms. The molecular weight excluding hydrogens is 202 g/mol. The third kappa shape index (κ3) is 3.04. The Hall–Kier alpha value is -1.01. The van der Waals surface area contributed by atoms with Gasteiger partial charge >= 0.3 is 0 Å². The molecule has 0 bridgehead atoms. The van der Waals surface area contributed by atoms with Crippen molar-refractivity contribution in [2.24, 2.45) is 0 Å². The van der Waals surface area contributed by atoms with Gasteiger partial charge in [-0.05, 0) is 25.4 Å². The molecule has 1 aromatic rings. The summed E-state index contributed by atoms with van der Waals surface area (Å²) in [5.41, 5.74) is -0.574. The molecule has 6 heteroatoms. The van der Waals surface area contributed by atoms with Gasteiger partial charge in [-0.2, -0.15) is 0 Å². The molecule has 78 valence electrons. The van der Waals surface area contributed by atoms with Gasteiger partial charge in [0.2, 0.25) is 0 Å². The van der Waals surface area contributed by atoms with Gasteiger partial charge in [0.1, 0.15) is 0 Å². The Morgan fingerprint density at radius 2 is 2.36 bits per heavy atom. The van der Waals surface area contributed by atoms with Crippen LogP contribution in [0, 0.1) is 0 Å². The minimum Gasteiger partial charge on any atom is -0.389 e. The van der Waals surface area contributed by atoms with Crippen molar-refractivity contribution < 1.29 is 9.90 Å². The fourth-order valence-electron chi connectivity index (χ4n) is 1.11. The maximum atomic E-state index is 11.6. The summed E-state index contributed by atoms with van der Waals surface area (Å²) in [7, 11) is 1.62. The van der Waals surface area contributed by atoms with Gasteiger partial charge in [-0.25, -0.2) is 0 Å². The molecule has 0 aliphatic heterocycles. The number of nitrogens with zero attached hydrogens (tertiary/aromatic N) is 3. The van der Waals surface area contributed by atoms with Crippen molar-refractivity contribution >= 4 is 17.4 Å². The topological polar surface area (TPSA) is 66.3 Å². The molecular formula is C8H13N3O2S. The lowest BCUT2D eigenvalue weighted by Gasteiger charge is -2.24. The molecule has 5 nitrogen and oxygen atoms in total. The summed E-state index contributed by atoms with van der Waals surface area (Å²) in [5, 5.41) is 14.8. The molecule has 0 aliphatic carbocycles. The first-order valence-corrected chi connectivity index (χ1v) is 4.99. The van der Waals surface area contributed by atoms with Crippen LogP contribution in [0.1, 0.15) is 24.3 Å². The third-order valence-electron chi connectivity index (χ3n) is 1.55. The van der Waals surface area contributed by atoms with Gasteiger partial charge in [-0.3, -0.25) is 4.79 Å². The first-order valence-electron chi connectivity index (χ1n) is 4.15. The van der Waals surface area contributed by atoms with Crippen LogP contribution >= 0.6 is 11.5 Å². The molecule has 0 aliphatic rings. The molecule has 14 heavy (non-hydrogen) atoms. The lowest BCUT2D eigenvalue weighted by Crippen LogP contribution is -2.39. The van der Waals surface area contributed by atoms with Crippen molar-refractivity contribution in [3.8, 4) is 0 Å². The maximum absolute atomic E-state index is 11.6. The van der Waals surface area contributed by atoms with Crippen molar-refractivity contribution in [2.45, 2.75) is 19.4 Å². The third-order valence-corrected chi connectivity index (χ3v) is 2.05. The highest BCUT2D eigenvalue weighted by molar-refractivity contribution is 7.03. The van der Waals surface area contributed by atoms with E-state index in [9.17, 15) is 9.90 Å². The number of amides is 1. The van der Waals surface area contributed by atoms with Crippen LogP contribution in [-0.4, -0.2) is 44.7 Å². The average molecular weight is 215 g/mol. The van der Waals surface area contributed by atoms with Gasteiger partial charge in [0, 0.05) is 19.0 Å². The van der Waals surface area contributed by atoms with Crippen LogP contribution in [0.15, 0.2) is 5.38 Å². The van der Waals surface area contributed by atoms with Crippen molar-refractivity contribution in [1.29, 1.82) is 0 Å². The minimum absolute atomic E-state index is 0.221. The van der Waals surface area contributed by atoms with Crippen molar-refractivity contribution in [2.75, 3.05) is 13.6 Å². The highest BCUT2D eigenvalue weighted by Crippen LogP contribution is 2.07. The first-order chi connectivity index (χ1) is 6.40. The molecule has 0 saturated heterocycles. The van der Waals surface area contributed by atoms with Crippen LogP contribution in [0.25, 0.3) is 0 Å². The summed E-state index contributed by atoms with van der Waals surface area (Å²) in [6.45, 7) is 3.56. The Labute approximate surface area is 86.5 Å².